The number of hydrogen-bond acceptors (Lipinski definition) is 4. The molecule has 0 aliphatic carbocycles. The lowest BCUT2D eigenvalue weighted by atomic mass is 10.2. The van der Waals surface area contributed by atoms with E-state index in [1.807, 2.05) is 59.4 Å². The van der Waals surface area contributed by atoms with Crippen molar-refractivity contribution < 1.29 is 0 Å². The van der Waals surface area contributed by atoms with Crippen LogP contribution in [-0.2, 0) is 6.54 Å². The molecular weight excluding hydrogens is 302 g/mol. The van der Waals surface area contributed by atoms with E-state index in [2.05, 4.69) is 20.4 Å². The third-order valence-electron chi connectivity index (χ3n) is 3.73. The Labute approximate surface area is 137 Å². The first kappa shape index (κ1) is 14.2. The van der Waals surface area contributed by atoms with Gasteiger partial charge in [0.1, 0.15) is 0 Å². The van der Waals surface area contributed by atoms with E-state index in [9.17, 15) is 4.79 Å². The fourth-order valence-electron chi connectivity index (χ4n) is 2.53. The number of anilines is 1. The van der Waals surface area contributed by atoms with Crippen molar-refractivity contribution in [3.63, 3.8) is 0 Å². The van der Waals surface area contributed by atoms with Crippen LogP contribution in [0.3, 0.4) is 0 Å². The molecular formula is C18H15N5O. The van der Waals surface area contributed by atoms with E-state index in [0.29, 0.717) is 23.4 Å². The predicted molar refractivity (Wildman–Crippen MR) is 93.3 cm³/mol. The third-order valence-corrected chi connectivity index (χ3v) is 3.73. The largest absolute Gasteiger partial charge is 0.352 e. The van der Waals surface area contributed by atoms with Gasteiger partial charge in [0, 0.05) is 18.3 Å². The summed E-state index contributed by atoms with van der Waals surface area (Å²) in [7, 11) is 0. The molecule has 0 bridgehead atoms. The number of hydrogen-bond donors (Lipinski definition) is 2. The molecule has 0 spiro atoms. The van der Waals surface area contributed by atoms with Crippen LogP contribution in [0.15, 0.2) is 71.8 Å². The second-order valence-corrected chi connectivity index (χ2v) is 5.41. The monoisotopic (exact) mass is 317 g/mol. The minimum absolute atomic E-state index is 0.150. The summed E-state index contributed by atoms with van der Waals surface area (Å²) in [6, 6.07) is 17.2. The maximum atomic E-state index is 12.0. The highest BCUT2D eigenvalue weighted by atomic mass is 16.1. The summed E-state index contributed by atoms with van der Waals surface area (Å²) in [5, 5.41) is 8.07. The van der Waals surface area contributed by atoms with Crippen molar-refractivity contribution >= 4 is 16.9 Å². The van der Waals surface area contributed by atoms with Gasteiger partial charge in [-0.2, -0.15) is 5.10 Å². The van der Waals surface area contributed by atoms with Crippen LogP contribution in [0, 0.1) is 0 Å². The van der Waals surface area contributed by atoms with Crippen LogP contribution in [0.5, 0.6) is 0 Å². The highest BCUT2D eigenvalue weighted by Crippen LogP contribution is 2.10. The molecule has 0 saturated heterocycles. The van der Waals surface area contributed by atoms with E-state index in [4.69, 9.17) is 0 Å². The fraction of sp³-hybridized carbons (Fsp3) is 0.0556. The quantitative estimate of drug-likeness (QED) is 0.607. The molecule has 118 valence electrons. The van der Waals surface area contributed by atoms with E-state index < -0.39 is 0 Å². The molecule has 0 amide bonds. The number of rotatable bonds is 4. The van der Waals surface area contributed by atoms with Gasteiger partial charge in [-0.05, 0) is 24.3 Å². The summed E-state index contributed by atoms with van der Waals surface area (Å²) in [5.74, 6) is 0.450. The Morgan fingerprint density at radius 1 is 1.04 bits per heavy atom. The van der Waals surface area contributed by atoms with Gasteiger partial charge in [0.25, 0.3) is 5.56 Å². The number of aromatic amines is 1. The molecule has 0 aliphatic rings. The molecule has 6 nitrogen and oxygen atoms in total. The lowest BCUT2D eigenvalue weighted by Gasteiger charge is -2.05. The summed E-state index contributed by atoms with van der Waals surface area (Å²) in [4.78, 5) is 19.2. The van der Waals surface area contributed by atoms with Crippen molar-refractivity contribution in [3.8, 4) is 5.69 Å². The molecule has 0 aliphatic heterocycles. The van der Waals surface area contributed by atoms with Crippen molar-refractivity contribution in [2.75, 3.05) is 5.32 Å². The number of nitrogens with one attached hydrogen (secondary N) is 2. The van der Waals surface area contributed by atoms with Crippen molar-refractivity contribution in [2.24, 2.45) is 0 Å². The lowest BCUT2D eigenvalue weighted by molar-refractivity contribution is 0.880. The number of para-hydroxylation sites is 2. The Hall–Kier alpha value is -3.41. The van der Waals surface area contributed by atoms with Crippen LogP contribution in [-0.4, -0.2) is 19.7 Å². The number of nitrogens with zero attached hydrogens (tertiary/aromatic N) is 3. The van der Waals surface area contributed by atoms with Crippen molar-refractivity contribution in [2.45, 2.75) is 6.54 Å². The highest BCUT2D eigenvalue weighted by molar-refractivity contribution is 5.78. The van der Waals surface area contributed by atoms with Gasteiger partial charge in [-0.1, -0.05) is 30.3 Å². The minimum Gasteiger partial charge on any atom is -0.352 e. The van der Waals surface area contributed by atoms with Crippen LogP contribution in [0.1, 0.15) is 5.56 Å². The summed E-state index contributed by atoms with van der Waals surface area (Å²) in [6.07, 6.45) is 3.74. The van der Waals surface area contributed by atoms with E-state index in [-0.39, 0.29) is 5.56 Å². The Morgan fingerprint density at radius 3 is 2.71 bits per heavy atom. The van der Waals surface area contributed by atoms with E-state index in [1.54, 1.807) is 12.3 Å². The maximum Gasteiger partial charge on any atom is 0.260 e. The van der Waals surface area contributed by atoms with Gasteiger partial charge >= 0.3 is 0 Å². The third kappa shape index (κ3) is 2.77. The fourth-order valence-corrected chi connectivity index (χ4v) is 2.53. The lowest BCUT2D eigenvalue weighted by Crippen LogP contribution is -2.12. The van der Waals surface area contributed by atoms with Gasteiger partial charge < -0.3 is 5.32 Å². The molecule has 2 heterocycles. The summed E-state index contributed by atoms with van der Waals surface area (Å²) in [5.41, 5.74) is 2.52. The van der Waals surface area contributed by atoms with E-state index in [0.717, 1.165) is 11.3 Å². The molecule has 0 fully saturated rings. The van der Waals surface area contributed by atoms with Crippen LogP contribution in [0.4, 0.5) is 5.95 Å². The molecule has 0 atom stereocenters. The SMILES string of the molecule is O=c1[nH]c(NCc2cnn(-c3ccccc3)c2)nc2ccccc12. The highest BCUT2D eigenvalue weighted by Gasteiger charge is 2.04. The Balaban J connectivity index is 1.53. The zero-order valence-electron chi connectivity index (χ0n) is 12.8. The molecule has 0 unspecified atom stereocenters. The Kier molecular flexibility index (Phi) is 3.55. The topological polar surface area (TPSA) is 75.6 Å². The number of fused-ring (bicyclic) bond motifs is 1. The smallest absolute Gasteiger partial charge is 0.260 e. The Bertz CT molecular complexity index is 1040. The number of aromatic nitrogens is 4. The summed E-state index contributed by atoms with van der Waals surface area (Å²) >= 11 is 0. The number of H-pyrrole nitrogens is 1. The van der Waals surface area contributed by atoms with Crippen LogP contribution < -0.4 is 10.9 Å². The average Bonchev–Trinajstić information content (AvgIpc) is 3.10. The zero-order valence-corrected chi connectivity index (χ0v) is 12.8. The van der Waals surface area contributed by atoms with Gasteiger partial charge in [0.2, 0.25) is 5.95 Å². The molecule has 4 rings (SSSR count). The van der Waals surface area contributed by atoms with E-state index in [1.165, 1.54) is 0 Å². The van der Waals surface area contributed by atoms with Gasteiger partial charge in [0.05, 0.1) is 22.8 Å². The molecule has 2 aromatic heterocycles. The molecule has 0 saturated carbocycles. The summed E-state index contributed by atoms with van der Waals surface area (Å²) < 4.78 is 1.81. The van der Waals surface area contributed by atoms with Crippen LogP contribution in [0.2, 0.25) is 0 Å². The molecule has 6 heteroatoms. The molecule has 2 N–H and O–H groups in total. The second kappa shape index (κ2) is 6.00. The summed E-state index contributed by atoms with van der Waals surface area (Å²) in [6.45, 7) is 0.522. The van der Waals surface area contributed by atoms with Crippen LogP contribution in [0.25, 0.3) is 16.6 Å². The number of benzene rings is 2. The van der Waals surface area contributed by atoms with Gasteiger partial charge in [-0.3, -0.25) is 9.78 Å². The second-order valence-electron chi connectivity index (χ2n) is 5.41. The zero-order chi connectivity index (χ0) is 16.4. The van der Waals surface area contributed by atoms with E-state index >= 15 is 0 Å². The van der Waals surface area contributed by atoms with Crippen molar-refractivity contribution in [1.29, 1.82) is 0 Å². The Morgan fingerprint density at radius 2 is 1.83 bits per heavy atom. The minimum atomic E-state index is -0.150. The van der Waals surface area contributed by atoms with Crippen LogP contribution >= 0.6 is 0 Å². The van der Waals surface area contributed by atoms with Crippen molar-refractivity contribution in [3.05, 3.63) is 82.9 Å². The molecule has 24 heavy (non-hydrogen) atoms. The maximum absolute atomic E-state index is 12.0. The normalized spacial score (nSPS) is 10.8. The first-order valence-corrected chi connectivity index (χ1v) is 7.61. The molecule has 4 aromatic rings. The van der Waals surface area contributed by atoms with Gasteiger partial charge in [0.15, 0.2) is 0 Å². The first-order valence-electron chi connectivity index (χ1n) is 7.61. The van der Waals surface area contributed by atoms with Crippen molar-refractivity contribution in [1.82, 2.24) is 19.7 Å². The van der Waals surface area contributed by atoms with Gasteiger partial charge in [-0.25, -0.2) is 9.67 Å². The van der Waals surface area contributed by atoms with Gasteiger partial charge in [-0.15, -0.1) is 0 Å². The first-order chi connectivity index (χ1) is 11.8. The predicted octanol–water partition coefficient (Wildman–Crippen LogP) is 2.72. The molecule has 2 aromatic carbocycles. The standard InChI is InChI=1S/C18H15N5O/c24-17-15-8-4-5-9-16(15)21-18(22-17)19-10-13-11-20-23(12-13)14-6-2-1-3-7-14/h1-9,11-12H,10H2,(H2,19,21,22,24). The average molecular weight is 317 g/mol. The molecule has 0 radical (unpaired) electrons.